The predicted molar refractivity (Wildman–Crippen MR) is 109 cm³/mol. The average Bonchev–Trinajstić information content (AvgIpc) is 3.23. The highest BCUT2D eigenvalue weighted by Gasteiger charge is 2.22. The minimum absolute atomic E-state index is 0.214. The van der Waals surface area contributed by atoms with Crippen LogP contribution in [-0.4, -0.2) is 0 Å². The van der Waals surface area contributed by atoms with E-state index in [2.05, 4.69) is 69.3 Å². The van der Waals surface area contributed by atoms with Gasteiger partial charge in [-0.2, -0.15) is 0 Å². The van der Waals surface area contributed by atoms with Crippen LogP contribution in [0.4, 0.5) is 0 Å². The van der Waals surface area contributed by atoms with Crippen molar-refractivity contribution < 1.29 is 0 Å². The third-order valence-corrected chi connectivity index (χ3v) is 6.05. The maximum absolute atomic E-state index is 2.50. The molecule has 0 saturated heterocycles. The quantitative estimate of drug-likeness (QED) is 0.559. The molecular weight excluding hydrogens is 300 g/mol. The minimum Gasteiger partial charge on any atom is -0.0649 e. The molecule has 0 aromatic heterocycles. The van der Waals surface area contributed by atoms with E-state index in [1.165, 1.54) is 66.3 Å². The SMILES string of the molecule is CC(C)(C)c1ccc(-c2cccc3c2C=C(CC2CCCC2)C3)cc1. The fraction of sp³-hybridized carbons (Fsp3) is 0.440. The first-order valence-corrected chi connectivity index (χ1v) is 9.93. The normalized spacial score (nSPS) is 17.6. The molecule has 1 saturated carbocycles. The highest BCUT2D eigenvalue weighted by Crippen LogP contribution is 2.39. The Bertz CT molecular complexity index is 778. The highest BCUT2D eigenvalue weighted by atomic mass is 14.3. The first-order chi connectivity index (χ1) is 12.0. The van der Waals surface area contributed by atoms with Crippen molar-refractivity contribution in [3.05, 3.63) is 64.7 Å². The van der Waals surface area contributed by atoms with E-state index < -0.39 is 0 Å². The summed E-state index contributed by atoms with van der Waals surface area (Å²) >= 11 is 0. The van der Waals surface area contributed by atoms with E-state index in [9.17, 15) is 0 Å². The fourth-order valence-electron chi connectivity index (χ4n) is 4.56. The van der Waals surface area contributed by atoms with Crippen LogP contribution in [0.1, 0.15) is 69.6 Å². The molecule has 2 aliphatic carbocycles. The number of hydrogen-bond acceptors (Lipinski definition) is 0. The molecule has 0 heterocycles. The van der Waals surface area contributed by atoms with Crippen LogP contribution < -0.4 is 0 Å². The lowest BCUT2D eigenvalue weighted by Gasteiger charge is -2.19. The Kier molecular flexibility index (Phi) is 4.31. The lowest BCUT2D eigenvalue weighted by Crippen LogP contribution is -2.10. The maximum atomic E-state index is 2.50. The first kappa shape index (κ1) is 16.6. The third-order valence-electron chi connectivity index (χ3n) is 6.05. The van der Waals surface area contributed by atoms with E-state index in [0.29, 0.717) is 0 Å². The number of hydrogen-bond donors (Lipinski definition) is 0. The second-order valence-electron chi connectivity index (χ2n) is 9.04. The molecule has 2 aromatic rings. The Hall–Kier alpha value is -1.82. The van der Waals surface area contributed by atoms with E-state index in [1.54, 1.807) is 5.57 Å². The van der Waals surface area contributed by atoms with Crippen LogP contribution in [0.5, 0.6) is 0 Å². The Balaban J connectivity index is 1.62. The Labute approximate surface area is 153 Å². The topological polar surface area (TPSA) is 0 Å². The first-order valence-electron chi connectivity index (χ1n) is 9.93. The number of allylic oxidation sites excluding steroid dienone is 1. The second kappa shape index (κ2) is 6.48. The van der Waals surface area contributed by atoms with Crippen molar-refractivity contribution in [1.82, 2.24) is 0 Å². The van der Waals surface area contributed by atoms with Crippen LogP contribution in [0.2, 0.25) is 0 Å². The third kappa shape index (κ3) is 3.45. The van der Waals surface area contributed by atoms with E-state index in [1.807, 2.05) is 0 Å². The molecule has 0 radical (unpaired) electrons. The van der Waals surface area contributed by atoms with Crippen molar-refractivity contribution in [2.24, 2.45) is 5.92 Å². The smallest absolute Gasteiger partial charge is 0.00575 e. The Morgan fingerprint density at radius 2 is 1.64 bits per heavy atom. The zero-order chi connectivity index (χ0) is 17.4. The summed E-state index contributed by atoms with van der Waals surface area (Å²) in [5.41, 5.74) is 9.01. The van der Waals surface area contributed by atoms with Crippen LogP contribution in [0.3, 0.4) is 0 Å². The molecule has 0 bridgehead atoms. The van der Waals surface area contributed by atoms with Gasteiger partial charge in [-0.25, -0.2) is 0 Å². The molecule has 0 nitrogen and oxygen atoms in total. The summed E-state index contributed by atoms with van der Waals surface area (Å²) in [6, 6.07) is 16.1. The van der Waals surface area contributed by atoms with Crippen LogP contribution in [0.25, 0.3) is 17.2 Å². The van der Waals surface area contributed by atoms with Crippen LogP contribution in [-0.2, 0) is 11.8 Å². The molecule has 4 rings (SSSR count). The second-order valence-corrected chi connectivity index (χ2v) is 9.04. The van der Waals surface area contributed by atoms with Gasteiger partial charge in [-0.1, -0.05) is 101 Å². The molecule has 1 fully saturated rings. The number of benzene rings is 2. The van der Waals surface area contributed by atoms with E-state index >= 15 is 0 Å². The summed E-state index contributed by atoms with van der Waals surface area (Å²) in [5.74, 6) is 0.940. The molecule has 0 atom stereocenters. The van der Waals surface area contributed by atoms with E-state index in [-0.39, 0.29) is 5.41 Å². The maximum Gasteiger partial charge on any atom is -0.00575 e. The van der Waals surface area contributed by atoms with Crippen molar-refractivity contribution >= 4 is 6.08 Å². The number of fused-ring (bicyclic) bond motifs is 1. The molecule has 2 aliphatic rings. The lowest BCUT2D eigenvalue weighted by molar-refractivity contribution is 0.541. The van der Waals surface area contributed by atoms with Gasteiger partial charge in [0.15, 0.2) is 0 Å². The summed E-state index contributed by atoms with van der Waals surface area (Å²) in [5, 5.41) is 0. The van der Waals surface area contributed by atoms with Gasteiger partial charge in [-0.15, -0.1) is 0 Å². The van der Waals surface area contributed by atoms with Gasteiger partial charge in [-0.3, -0.25) is 0 Å². The minimum atomic E-state index is 0.214. The monoisotopic (exact) mass is 330 g/mol. The van der Waals surface area contributed by atoms with Gasteiger partial charge < -0.3 is 0 Å². The standard InChI is InChI=1S/C25H30/c1-25(2,3)22-13-11-20(12-14-22)23-10-6-9-21-16-19(17-24(21)23)15-18-7-4-5-8-18/h6,9-14,17-18H,4-5,7-8,15-16H2,1-3H3. The van der Waals surface area contributed by atoms with Gasteiger partial charge in [0, 0.05) is 0 Å². The van der Waals surface area contributed by atoms with Gasteiger partial charge in [0.05, 0.1) is 0 Å². The summed E-state index contributed by atoms with van der Waals surface area (Å²) in [6.45, 7) is 6.83. The molecule has 0 unspecified atom stereocenters. The van der Waals surface area contributed by atoms with Crippen molar-refractivity contribution in [3.63, 3.8) is 0 Å². The number of rotatable bonds is 3. The van der Waals surface area contributed by atoms with Crippen molar-refractivity contribution in [3.8, 4) is 11.1 Å². The van der Waals surface area contributed by atoms with Crippen molar-refractivity contribution in [2.45, 2.75) is 64.7 Å². The van der Waals surface area contributed by atoms with Crippen LogP contribution in [0, 0.1) is 5.92 Å². The summed E-state index contributed by atoms with van der Waals surface area (Å²) < 4.78 is 0. The van der Waals surface area contributed by atoms with Crippen LogP contribution in [0.15, 0.2) is 48.0 Å². The molecule has 25 heavy (non-hydrogen) atoms. The average molecular weight is 331 g/mol. The zero-order valence-electron chi connectivity index (χ0n) is 15.9. The van der Waals surface area contributed by atoms with E-state index in [0.717, 1.165) is 5.92 Å². The predicted octanol–water partition coefficient (Wildman–Crippen LogP) is 7.17. The molecule has 0 heteroatoms. The van der Waals surface area contributed by atoms with Gasteiger partial charge in [-0.05, 0) is 52.0 Å². The highest BCUT2D eigenvalue weighted by molar-refractivity contribution is 5.80. The van der Waals surface area contributed by atoms with Gasteiger partial charge >= 0.3 is 0 Å². The molecule has 0 aliphatic heterocycles. The zero-order valence-corrected chi connectivity index (χ0v) is 15.9. The molecule has 0 N–H and O–H groups in total. The molecule has 0 spiro atoms. The van der Waals surface area contributed by atoms with Crippen molar-refractivity contribution in [2.75, 3.05) is 0 Å². The summed E-state index contributed by atoms with van der Waals surface area (Å²) in [6.07, 6.45) is 10.7. The van der Waals surface area contributed by atoms with Gasteiger partial charge in [0.2, 0.25) is 0 Å². The molecule has 130 valence electrons. The Morgan fingerprint density at radius 1 is 0.920 bits per heavy atom. The lowest BCUT2D eigenvalue weighted by atomic mass is 9.86. The van der Waals surface area contributed by atoms with Crippen LogP contribution >= 0.6 is 0 Å². The van der Waals surface area contributed by atoms with E-state index in [4.69, 9.17) is 0 Å². The largest absolute Gasteiger partial charge is 0.0649 e. The summed E-state index contributed by atoms with van der Waals surface area (Å²) in [7, 11) is 0. The summed E-state index contributed by atoms with van der Waals surface area (Å²) in [4.78, 5) is 0. The fourth-order valence-corrected chi connectivity index (χ4v) is 4.56. The van der Waals surface area contributed by atoms with Gasteiger partial charge in [0.1, 0.15) is 0 Å². The molecular formula is C25H30. The van der Waals surface area contributed by atoms with Crippen molar-refractivity contribution in [1.29, 1.82) is 0 Å². The molecule has 2 aromatic carbocycles. The van der Waals surface area contributed by atoms with Gasteiger partial charge in [0.25, 0.3) is 0 Å². The molecule has 0 amide bonds. The Morgan fingerprint density at radius 3 is 2.32 bits per heavy atom.